The van der Waals surface area contributed by atoms with E-state index in [1.165, 1.54) is 11.1 Å². The van der Waals surface area contributed by atoms with E-state index in [9.17, 15) is 0 Å². The monoisotopic (exact) mass is 425 g/mol. The molecule has 0 bridgehead atoms. The van der Waals surface area contributed by atoms with Crippen molar-refractivity contribution in [3.8, 4) is 5.75 Å². The largest absolute Gasteiger partial charge is 0.495 e. The topological polar surface area (TPSA) is 59.6 Å². The molecule has 3 N–H and O–H groups in total. The summed E-state index contributed by atoms with van der Waals surface area (Å²) in [6.07, 6.45) is 0. The summed E-state index contributed by atoms with van der Waals surface area (Å²) in [6.45, 7) is 4.86. The quantitative estimate of drug-likeness (QED) is 0.430. The van der Waals surface area contributed by atoms with Crippen LogP contribution in [0.4, 0.5) is 5.69 Å². The molecule has 0 aromatic heterocycles. The van der Waals surface area contributed by atoms with Crippen LogP contribution < -0.4 is 15.8 Å². The van der Waals surface area contributed by atoms with Gasteiger partial charge < -0.3 is 15.8 Å². The van der Waals surface area contributed by atoms with Gasteiger partial charge in [0.25, 0.3) is 0 Å². The summed E-state index contributed by atoms with van der Waals surface area (Å²) in [6, 6.07) is 16.1. The predicted molar refractivity (Wildman–Crippen MR) is 108 cm³/mol. The van der Waals surface area contributed by atoms with Crippen molar-refractivity contribution in [2.75, 3.05) is 19.0 Å². The third-order valence-corrected chi connectivity index (χ3v) is 3.55. The Hall–Kier alpha value is -1.76. The molecule has 0 aliphatic carbocycles. The van der Waals surface area contributed by atoms with Crippen LogP contribution in [-0.2, 0) is 0 Å². The van der Waals surface area contributed by atoms with Gasteiger partial charge in [-0.1, -0.05) is 48.9 Å². The molecule has 5 heteroatoms. The van der Waals surface area contributed by atoms with Crippen LogP contribution in [0.1, 0.15) is 24.0 Å². The summed E-state index contributed by atoms with van der Waals surface area (Å²) in [7, 11) is 1.63. The van der Waals surface area contributed by atoms with Gasteiger partial charge in [-0.05, 0) is 24.6 Å². The van der Waals surface area contributed by atoms with E-state index in [1.807, 2.05) is 24.3 Å². The standard InChI is InChI=1S/C18H23N3O.HI/c1-13-8-10-15(11-9-13)14(2)12-20-18(19)21-16-6-4-5-7-17(16)22-3;/h4-11,14H,12H2,1-3H3,(H3,19,20,21);1H. The Morgan fingerprint density at radius 2 is 1.83 bits per heavy atom. The Morgan fingerprint density at radius 3 is 2.48 bits per heavy atom. The number of guanidine groups is 1. The maximum Gasteiger partial charge on any atom is 0.193 e. The molecule has 0 saturated heterocycles. The Labute approximate surface area is 155 Å². The Balaban J connectivity index is 0.00000264. The maximum atomic E-state index is 5.96. The van der Waals surface area contributed by atoms with Gasteiger partial charge in [-0.15, -0.1) is 24.0 Å². The SMILES string of the molecule is COc1ccccc1NC(N)=NCC(C)c1ccc(C)cc1.I. The molecule has 2 aromatic carbocycles. The lowest BCUT2D eigenvalue weighted by atomic mass is 10.0. The van der Waals surface area contributed by atoms with Gasteiger partial charge in [-0.25, -0.2) is 0 Å². The van der Waals surface area contributed by atoms with E-state index in [0.717, 1.165) is 11.4 Å². The van der Waals surface area contributed by atoms with E-state index >= 15 is 0 Å². The lowest BCUT2D eigenvalue weighted by Crippen LogP contribution is -2.23. The van der Waals surface area contributed by atoms with Crippen molar-refractivity contribution in [3.63, 3.8) is 0 Å². The molecule has 23 heavy (non-hydrogen) atoms. The first-order valence-electron chi connectivity index (χ1n) is 7.36. The molecule has 4 nitrogen and oxygen atoms in total. The van der Waals surface area contributed by atoms with Crippen LogP contribution >= 0.6 is 24.0 Å². The van der Waals surface area contributed by atoms with Crippen molar-refractivity contribution in [1.82, 2.24) is 0 Å². The molecule has 0 amide bonds. The number of rotatable bonds is 5. The zero-order valence-electron chi connectivity index (χ0n) is 13.7. The zero-order valence-corrected chi connectivity index (χ0v) is 16.1. The van der Waals surface area contributed by atoms with Gasteiger partial charge >= 0.3 is 0 Å². The number of benzene rings is 2. The Morgan fingerprint density at radius 1 is 1.17 bits per heavy atom. The smallest absolute Gasteiger partial charge is 0.193 e. The Bertz CT molecular complexity index is 641. The molecule has 2 aromatic rings. The van der Waals surface area contributed by atoms with Gasteiger partial charge in [0, 0.05) is 12.5 Å². The molecule has 124 valence electrons. The van der Waals surface area contributed by atoms with Crippen LogP contribution in [0.15, 0.2) is 53.5 Å². The Kier molecular flexibility index (Phi) is 7.88. The van der Waals surface area contributed by atoms with Gasteiger partial charge in [0.05, 0.1) is 12.8 Å². The van der Waals surface area contributed by atoms with Gasteiger partial charge in [-0.3, -0.25) is 4.99 Å². The molecule has 0 heterocycles. The molecular weight excluding hydrogens is 401 g/mol. The number of nitrogens with two attached hydrogens (primary N) is 1. The highest BCUT2D eigenvalue weighted by Gasteiger charge is 2.06. The third-order valence-electron chi connectivity index (χ3n) is 3.55. The number of halogens is 1. The summed E-state index contributed by atoms with van der Waals surface area (Å²) in [5.74, 6) is 1.45. The molecule has 0 saturated carbocycles. The van der Waals surface area contributed by atoms with Gasteiger partial charge in [0.15, 0.2) is 5.96 Å². The first-order chi connectivity index (χ1) is 10.6. The van der Waals surface area contributed by atoms with E-state index in [2.05, 4.69) is 48.4 Å². The van der Waals surface area contributed by atoms with Crippen LogP contribution in [0.3, 0.4) is 0 Å². The average molecular weight is 425 g/mol. The molecule has 1 unspecified atom stereocenters. The molecule has 0 radical (unpaired) electrons. The van der Waals surface area contributed by atoms with Gasteiger partial charge in [-0.2, -0.15) is 0 Å². The van der Waals surface area contributed by atoms with E-state index < -0.39 is 0 Å². The number of hydrogen-bond donors (Lipinski definition) is 2. The highest BCUT2D eigenvalue weighted by Crippen LogP contribution is 2.22. The minimum absolute atomic E-state index is 0. The summed E-state index contributed by atoms with van der Waals surface area (Å²) < 4.78 is 5.28. The minimum atomic E-state index is 0. The fraction of sp³-hybridized carbons (Fsp3) is 0.278. The number of methoxy groups -OCH3 is 1. The summed E-state index contributed by atoms with van der Waals surface area (Å²) >= 11 is 0. The second-order valence-electron chi connectivity index (χ2n) is 5.36. The van der Waals surface area contributed by atoms with E-state index in [4.69, 9.17) is 10.5 Å². The number of nitrogens with one attached hydrogen (secondary N) is 1. The van der Waals surface area contributed by atoms with E-state index in [0.29, 0.717) is 18.4 Å². The van der Waals surface area contributed by atoms with Crippen LogP contribution in [0.2, 0.25) is 0 Å². The van der Waals surface area contributed by atoms with Crippen LogP contribution in [0.5, 0.6) is 5.75 Å². The van der Waals surface area contributed by atoms with Crippen molar-refractivity contribution < 1.29 is 4.74 Å². The zero-order chi connectivity index (χ0) is 15.9. The lowest BCUT2D eigenvalue weighted by molar-refractivity contribution is 0.417. The lowest BCUT2D eigenvalue weighted by Gasteiger charge is -2.12. The second-order valence-corrected chi connectivity index (χ2v) is 5.36. The van der Waals surface area contributed by atoms with Crippen LogP contribution in [-0.4, -0.2) is 19.6 Å². The van der Waals surface area contributed by atoms with Gasteiger partial charge in [0.1, 0.15) is 5.75 Å². The maximum absolute atomic E-state index is 5.96. The number of aliphatic imine (C=N–C) groups is 1. The number of nitrogens with zero attached hydrogens (tertiary/aromatic N) is 1. The molecule has 2 rings (SSSR count). The minimum Gasteiger partial charge on any atom is -0.495 e. The molecule has 0 aliphatic heterocycles. The predicted octanol–water partition coefficient (Wildman–Crippen LogP) is 4.15. The summed E-state index contributed by atoms with van der Waals surface area (Å²) in [4.78, 5) is 4.42. The van der Waals surface area contributed by atoms with Gasteiger partial charge in [0.2, 0.25) is 0 Å². The first-order valence-corrected chi connectivity index (χ1v) is 7.36. The number of hydrogen-bond acceptors (Lipinski definition) is 2. The second kappa shape index (κ2) is 9.39. The van der Waals surface area contributed by atoms with Crippen LogP contribution in [0, 0.1) is 6.92 Å². The fourth-order valence-electron chi connectivity index (χ4n) is 2.16. The normalized spacial score (nSPS) is 12.2. The van der Waals surface area contributed by atoms with Crippen molar-refractivity contribution in [2.24, 2.45) is 10.7 Å². The van der Waals surface area contributed by atoms with Crippen molar-refractivity contribution in [1.29, 1.82) is 0 Å². The number of ether oxygens (including phenoxy) is 1. The third kappa shape index (κ3) is 5.74. The highest BCUT2D eigenvalue weighted by molar-refractivity contribution is 14.0. The number of anilines is 1. The summed E-state index contributed by atoms with van der Waals surface area (Å²) in [5, 5.41) is 3.08. The number of aryl methyl sites for hydroxylation is 1. The average Bonchev–Trinajstić information content (AvgIpc) is 2.54. The van der Waals surface area contributed by atoms with Crippen LogP contribution in [0.25, 0.3) is 0 Å². The first kappa shape index (κ1) is 19.3. The van der Waals surface area contributed by atoms with Crippen molar-refractivity contribution in [2.45, 2.75) is 19.8 Å². The fourth-order valence-corrected chi connectivity index (χ4v) is 2.16. The molecule has 0 spiro atoms. The number of para-hydroxylation sites is 2. The molecular formula is C18H24IN3O. The molecule has 1 atom stereocenters. The summed E-state index contributed by atoms with van der Waals surface area (Å²) in [5.41, 5.74) is 9.30. The van der Waals surface area contributed by atoms with Crippen molar-refractivity contribution >= 4 is 35.6 Å². The van der Waals surface area contributed by atoms with E-state index in [1.54, 1.807) is 7.11 Å². The molecule has 0 fully saturated rings. The van der Waals surface area contributed by atoms with Crippen molar-refractivity contribution in [3.05, 3.63) is 59.7 Å². The molecule has 0 aliphatic rings. The van der Waals surface area contributed by atoms with E-state index in [-0.39, 0.29) is 24.0 Å². The highest BCUT2D eigenvalue weighted by atomic mass is 127.